The number of primary amides is 1. The third-order valence-corrected chi connectivity index (χ3v) is 8.88. The maximum absolute atomic E-state index is 13.9. The number of carbonyl (C=O) groups excluding carboxylic acids is 2. The molecule has 0 atom stereocenters. The Morgan fingerprint density at radius 2 is 1.97 bits per heavy atom. The summed E-state index contributed by atoms with van der Waals surface area (Å²) in [7, 11) is 0. The van der Waals surface area contributed by atoms with E-state index in [9.17, 15) is 23.5 Å². The van der Waals surface area contributed by atoms with E-state index in [0.29, 0.717) is 41.6 Å². The average Bonchev–Trinajstić information content (AvgIpc) is 3.40. The van der Waals surface area contributed by atoms with Crippen LogP contribution in [0.2, 0.25) is 0 Å². The summed E-state index contributed by atoms with van der Waals surface area (Å²) in [5.74, 6) is -3.72. The number of fused-ring (bicyclic) bond motifs is 1. The quantitative estimate of drug-likeness (QED) is 0.398. The molecule has 2 amide bonds. The minimum absolute atomic E-state index is 0.0592. The van der Waals surface area contributed by atoms with Gasteiger partial charge >= 0.3 is 0 Å². The van der Waals surface area contributed by atoms with Crippen molar-refractivity contribution in [2.75, 3.05) is 13.1 Å². The molecule has 202 valence electrons. The highest BCUT2D eigenvalue weighted by molar-refractivity contribution is 7.09. The van der Waals surface area contributed by atoms with E-state index in [2.05, 4.69) is 15.2 Å². The largest absolute Gasteiger partial charge is 0.384 e. The van der Waals surface area contributed by atoms with Gasteiger partial charge in [0, 0.05) is 49.8 Å². The number of rotatable bonds is 8. The third-order valence-electron chi connectivity index (χ3n) is 7.92. The lowest BCUT2D eigenvalue weighted by Crippen LogP contribution is -2.62. The maximum atomic E-state index is 13.9. The topological polar surface area (TPSA) is 109 Å². The normalized spacial score (nSPS) is 22.8. The van der Waals surface area contributed by atoms with Crippen molar-refractivity contribution in [3.63, 3.8) is 0 Å². The smallest absolute Gasteiger partial charge is 0.270 e. The van der Waals surface area contributed by atoms with Crippen LogP contribution < -0.4 is 11.1 Å². The molecule has 1 saturated heterocycles. The summed E-state index contributed by atoms with van der Waals surface area (Å²) in [6.45, 7) is 2.38. The number of aromatic nitrogens is 1. The number of aryl methyl sites for hydroxylation is 1. The van der Waals surface area contributed by atoms with Crippen LogP contribution in [0.5, 0.6) is 0 Å². The lowest BCUT2D eigenvalue weighted by Gasteiger charge is -2.48. The molecule has 1 aliphatic carbocycles. The zero-order chi connectivity index (χ0) is 27.1. The minimum atomic E-state index is -3.00. The van der Waals surface area contributed by atoms with Gasteiger partial charge < -0.3 is 16.2 Å². The highest BCUT2D eigenvalue weighted by atomic mass is 32.1. The first kappa shape index (κ1) is 26.6. The Labute approximate surface area is 224 Å². The monoisotopic (exact) mass is 542 g/mol. The Morgan fingerprint density at radius 1 is 1.24 bits per heavy atom. The molecule has 1 saturated carbocycles. The number of carbonyl (C=O) groups is 2. The molecule has 7 nitrogen and oxygen atoms in total. The molecule has 1 aliphatic heterocycles. The van der Waals surface area contributed by atoms with Gasteiger partial charge in [-0.25, -0.2) is 8.78 Å². The Bertz CT molecular complexity index is 1330. The molecule has 2 aliphatic rings. The van der Waals surface area contributed by atoms with Gasteiger partial charge in [-0.1, -0.05) is 12.1 Å². The van der Waals surface area contributed by atoms with E-state index in [-0.39, 0.29) is 29.5 Å². The maximum Gasteiger partial charge on any atom is 0.270 e. The van der Waals surface area contributed by atoms with Gasteiger partial charge in [0.15, 0.2) is 0 Å². The number of nitrogens with one attached hydrogen (secondary N) is 1. The van der Waals surface area contributed by atoms with Gasteiger partial charge in [0.25, 0.3) is 5.92 Å². The number of hydrogen-bond donors (Lipinski definition) is 3. The Kier molecular flexibility index (Phi) is 7.23. The van der Waals surface area contributed by atoms with Crippen LogP contribution >= 0.6 is 11.3 Å². The van der Waals surface area contributed by atoms with Crippen molar-refractivity contribution in [3.8, 4) is 0 Å². The Balaban J connectivity index is 1.15. The molecule has 10 heteroatoms. The predicted octanol–water partition coefficient (Wildman–Crippen LogP) is 4.07. The van der Waals surface area contributed by atoms with Crippen molar-refractivity contribution in [1.29, 1.82) is 0 Å². The number of amides is 2. The first-order valence-corrected chi connectivity index (χ1v) is 13.8. The van der Waals surface area contributed by atoms with Crippen LogP contribution in [0.25, 0.3) is 10.8 Å². The number of benzene rings is 2. The SMILES string of the molecule is CC(F)(F)c1ccc2cc(C(N)=O)cc(CCC(=O)NC3CN(C4CCC(O)(c5cncs5)CC4)C3)c2c1. The molecule has 38 heavy (non-hydrogen) atoms. The van der Waals surface area contributed by atoms with Gasteiger partial charge in [-0.2, -0.15) is 0 Å². The van der Waals surface area contributed by atoms with Crippen LogP contribution in [0.15, 0.2) is 42.0 Å². The number of nitrogens with zero attached hydrogens (tertiary/aromatic N) is 2. The summed E-state index contributed by atoms with van der Waals surface area (Å²) >= 11 is 1.49. The van der Waals surface area contributed by atoms with E-state index in [1.165, 1.54) is 23.5 Å². The second-order valence-electron chi connectivity index (χ2n) is 10.7. The molecule has 2 aromatic carbocycles. The molecule has 0 spiro atoms. The summed E-state index contributed by atoms with van der Waals surface area (Å²) in [5.41, 5.74) is 7.25. The highest BCUT2D eigenvalue weighted by Gasteiger charge is 2.41. The van der Waals surface area contributed by atoms with Gasteiger partial charge in [0.1, 0.15) is 5.60 Å². The molecular weight excluding hydrogens is 510 g/mol. The Hall–Kier alpha value is -2.95. The van der Waals surface area contributed by atoms with Crippen molar-refractivity contribution >= 4 is 33.9 Å². The predicted molar refractivity (Wildman–Crippen MR) is 142 cm³/mol. The van der Waals surface area contributed by atoms with E-state index in [1.54, 1.807) is 29.9 Å². The van der Waals surface area contributed by atoms with Gasteiger partial charge in [0.05, 0.1) is 16.4 Å². The second-order valence-corrected chi connectivity index (χ2v) is 11.6. The molecule has 2 fully saturated rings. The zero-order valence-electron chi connectivity index (χ0n) is 21.3. The number of aliphatic hydroxyl groups is 1. The van der Waals surface area contributed by atoms with Crippen molar-refractivity contribution in [2.24, 2.45) is 5.73 Å². The second kappa shape index (κ2) is 10.3. The van der Waals surface area contributed by atoms with Gasteiger partial charge in [-0.3, -0.25) is 19.5 Å². The van der Waals surface area contributed by atoms with Crippen molar-refractivity contribution in [2.45, 2.75) is 69.1 Å². The van der Waals surface area contributed by atoms with E-state index in [0.717, 1.165) is 37.7 Å². The van der Waals surface area contributed by atoms with Crippen molar-refractivity contribution in [1.82, 2.24) is 15.2 Å². The van der Waals surface area contributed by atoms with Crippen LogP contribution in [-0.4, -0.2) is 52.0 Å². The number of alkyl halides is 2. The van der Waals surface area contributed by atoms with Crippen molar-refractivity contribution in [3.05, 3.63) is 63.6 Å². The van der Waals surface area contributed by atoms with Crippen LogP contribution in [0.3, 0.4) is 0 Å². The van der Waals surface area contributed by atoms with Crippen LogP contribution in [0, 0.1) is 0 Å². The van der Waals surface area contributed by atoms with E-state index in [4.69, 9.17) is 5.73 Å². The number of halogens is 2. The molecule has 5 rings (SSSR count). The number of thiazole rings is 1. The zero-order valence-corrected chi connectivity index (χ0v) is 22.1. The number of likely N-dealkylation sites (tertiary alicyclic amines) is 1. The first-order chi connectivity index (χ1) is 18.0. The standard InChI is InChI=1S/C28H32F2N4O3S/c1-27(29,30)20-4-2-17-10-19(26(31)36)11-18(23(17)12-20)3-5-25(35)33-21-14-34(15-21)22-6-8-28(37,9-7-22)24-13-32-16-38-24/h2,4,10-13,16,21-22,37H,3,5-9,14-15H2,1H3,(H2,31,36)(H,33,35). The first-order valence-electron chi connectivity index (χ1n) is 12.9. The molecule has 3 aromatic rings. The van der Waals surface area contributed by atoms with E-state index < -0.39 is 17.4 Å². The lowest BCUT2D eigenvalue weighted by molar-refractivity contribution is -0.123. The third kappa shape index (κ3) is 5.57. The fraction of sp³-hybridized carbons (Fsp3) is 0.464. The van der Waals surface area contributed by atoms with Crippen molar-refractivity contribution < 1.29 is 23.5 Å². The molecule has 1 aromatic heterocycles. The molecular formula is C28H32F2N4O3S. The van der Waals surface area contributed by atoms with Crippen LogP contribution in [-0.2, 0) is 22.7 Å². The summed E-state index contributed by atoms with van der Waals surface area (Å²) < 4.78 is 27.9. The lowest BCUT2D eigenvalue weighted by atomic mass is 9.80. The number of hydrogen-bond acceptors (Lipinski definition) is 6. The highest BCUT2D eigenvalue weighted by Crippen LogP contribution is 2.40. The molecule has 0 bridgehead atoms. The molecule has 0 radical (unpaired) electrons. The minimum Gasteiger partial charge on any atom is -0.384 e. The average molecular weight is 543 g/mol. The van der Waals surface area contributed by atoms with Gasteiger partial charge in [-0.05, 0) is 66.6 Å². The van der Waals surface area contributed by atoms with Gasteiger partial charge in [0.2, 0.25) is 11.8 Å². The summed E-state index contributed by atoms with van der Waals surface area (Å²) in [5, 5.41) is 15.2. The summed E-state index contributed by atoms with van der Waals surface area (Å²) in [6.07, 6.45) is 5.44. The fourth-order valence-electron chi connectivity index (χ4n) is 5.64. The van der Waals surface area contributed by atoms with Crippen LogP contribution in [0.1, 0.15) is 65.4 Å². The number of nitrogens with two attached hydrogens (primary N) is 1. The van der Waals surface area contributed by atoms with E-state index >= 15 is 0 Å². The Morgan fingerprint density at radius 3 is 2.61 bits per heavy atom. The van der Waals surface area contributed by atoms with E-state index in [1.807, 2.05) is 0 Å². The molecule has 2 heterocycles. The summed E-state index contributed by atoms with van der Waals surface area (Å²) in [6, 6.07) is 7.97. The molecule has 0 unspecified atom stereocenters. The summed E-state index contributed by atoms with van der Waals surface area (Å²) in [4.78, 5) is 31.9. The fourth-order valence-corrected chi connectivity index (χ4v) is 6.42. The van der Waals surface area contributed by atoms with Crippen LogP contribution in [0.4, 0.5) is 8.78 Å². The molecule has 4 N–H and O–H groups in total. The van der Waals surface area contributed by atoms with Gasteiger partial charge in [-0.15, -0.1) is 11.3 Å².